The molecule has 1 N–H and O–H groups in total. The summed E-state index contributed by atoms with van der Waals surface area (Å²) < 4.78 is 8.90. The van der Waals surface area contributed by atoms with E-state index in [0.29, 0.717) is 19.0 Å². The summed E-state index contributed by atoms with van der Waals surface area (Å²) in [6, 6.07) is 0. The Kier molecular flexibility index (Phi) is 6.71. The van der Waals surface area contributed by atoms with Crippen molar-refractivity contribution in [1.29, 1.82) is 0 Å². The number of fused-ring (bicyclic) bond motifs is 1. The summed E-state index contributed by atoms with van der Waals surface area (Å²) in [7, 11) is 2.08. The zero-order valence-electron chi connectivity index (χ0n) is 16.1. The van der Waals surface area contributed by atoms with E-state index in [4.69, 9.17) is 9.73 Å². The van der Waals surface area contributed by atoms with Gasteiger partial charge < -0.3 is 15.0 Å². The third kappa shape index (κ3) is 4.66. The van der Waals surface area contributed by atoms with Crippen LogP contribution in [0.4, 0.5) is 0 Å². The Morgan fingerprint density at radius 2 is 2.35 bits per heavy atom. The molecule has 0 saturated carbocycles. The Morgan fingerprint density at radius 3 is 3.08 bits per heavy atom. The van der Waals surface area contributed by atoms with Crippen LogP contribution in [0.25, 0.3) is 0 Å². The number of nitrogens with zero attached hydrogens (tertiary/aromatic N) is 5. The van der Waals surface area contributed by atoms with Crippen LogP contribution in [0.3, 0.4) is 0 Å². The number of rotatable bonds is 7. The van der Waals surface area contributed by atoms with Crippen molar-refractivity contribution in [2.24, 2.45) is 10.9 Å². The van der Waals surface area contributed by atoms with Crippen LogP contribution in [0.15, 0.2) is 9.79 Å². The van der Waals surface area contributed by atoms with Gasteiger partial charge in [0.05, 0.1) is 6.61 Å². The first-order valence-corrected chi connectivity index (χ1v) is 9.92. The van der Waals surface area contributed by atoms with Crippen molar-refractivity contribution in [2.75, 3.05) is 39.9 Å². The lowest BCUT2D eigenvalue weighted by Crippen LogP contribution is -2.41. The molecular weight excluding hydrogens is 332 g/mol. The molecule has 2 aliphatic heterocycles. The largest absolute Gasteiger partial charge is 0.381 e. The summed E-state index contributed by atoms with van der Waals surface area (Å²) in [6.45, 7) is 7.72. The summed E-state index contributed by atoms with van der Waals surface area (Å²) in [5.41, 5.74) is 0.0361. The van der Waals surface area contributed by atoms with E-state index in [1.54, 1.807) is 4.68 Å². The Balaban J connectivity index is 1.51. The van der Waals surface area contributed by atoms with E-state index in [2.05, 4.69) is 29.3 Å². The molecule has 0 aliphatic carbocycles. The van der Waals surface area contributed by atoms with Gasteiger partial charge in [-0.15, -0.1) is 0 Å². The van der Waals surface area contributed by atoms with Crippen LogP contribution in [0.1, 0.15) is 38.4 Å². The number of hydrogen-bond acceptors (Lipinski definition) is 4. The van der Waals surface area contributed by atoms with E-state index < -0.39 is 0 Å². The van der Waals surface area contributed by atoms with Crippen molar-refractivity contribution in [3.05, 3.63) is 16.3 Å². The summed E-state index contributed by atoms with van der Waals surface area (Å²) in [4.78, 5) is 19.2. The minimum atomic E-state index is 0.0361. The maximum atomic E-state index is 12.3. The van der Waals surface area contributed by atoms with Gasteiger partial charge in [-0.3, -0.25) is 9.56 Å². The predicted molar refractivity (Wildman–Crippen MR) is 102 cm³/mol. The highest BCUT2D eigenvalue weighted by Crippen LogP contribution is 2.13. The van der Waals surface area contributed by atoms with Gasteiger partial charge in [-0.05, 0) is 32.6 Å². The van der Waals surface area contributed by atoms with Gasteiger partial charge in [-0.2, -0.15) is 5.10 Å². The number of ether oxygens (including phenoxy) is 1. The second-order valence-corrected chi connectivity index (χ2v) is 7.23. The Morgan fingerprint density at radius 1 is 1.46 bits per heavy atom. The molecule has 0 bridgehead atoms. The molecule has 8 nitrogen and oxygen atoms in total. The molecule has 0 amide bonds. The molecule has 26 heavy (non-hydrogen) atoms. The Hall–Kier alpha value is -1.83. The van der Waals surface area contributed by atoms with E-state index in [9.17, 15) is 4.79 Å². The summed E-state index contributed by atoms with van der Waals surface area (Å²) in [5.74, 6) is 2.45. The third-order valence-corrected chi connectivity index (χ3v) is 5.07. The van der Waals surface area contributed by atoms with Crippen molar-refractivity contribution < 1.29 is 4.74 Å². The zero-order chi connectivity index (χ0) is 18.4. The number of aryl methyl sites for hydroxylation is 2. The van der Waals surface area contributed by atoms with E-state index in [-0.39, 0.29) is 5.69 Å². The average molecular weight is 364 g/mol. The van der Waals surface area contributed by atoms with Crippen LogP contribution in [0.5, 0.6) is 0 Å². The van der Waals surface area contributed by atoms with Crippen LogP contribution in [-0.2, 0) is 24.2 Å². The summed E-state index contributed by atoms with van der Waals surface area (Å²) in [5, 5.41) is 7.84. The Bertz CT molecular complexity index is 659. The van der Waals surface area contributed by atoms with E-state index in [1.807, 2.05) is 4.57 Å². The molecule has 8 heteroatoms. The lowest BCUT2D eigenvalue weighted by atomic mass is 10.1. The molecule has 0 radical (unpaired) electrons. The van der Waals surface area contributed by atoms with Crippen molar-refractivity contribution in [2.45, 2.75) is 52.1 Å². The number of guanidine groups is 1. The molecule has 1 saturated heterocycles. The van der Waals surface area contributed by atoms with Crippen LogP contribution >= 0.6 is 0 Å². The van der Waals surface area contributed by atoms with Gasteiger partial charge in [0.2, 0.25) is 0 Å². The van der Waals surface area contributed by atoms with E-state index >= 15 is 0 Å². The zero-order valence-corrected chi connectivity index (χ0v) is 16.1. The maximum absolute atomic E-state index is 12.3. The molecular formula is C18H32N6O2. The standard InChI is InChI=1S/C18H32N6O2/c1-3-19-17(22(2)13-15-8-12-26-14-15)20-9-6-11-24-18(25)23-10-5-4-7-16(23)21-24/h15H,3-14H2,1-2H3,(H,19,20). The van der Waals surface area contributed by atoms with Gasteiger partial charge in [-0.25, -0.2) is 9.48 Å². The smallest absolute Gasteiger partial charge is 0.345 e. The van der Waals surface area contributed by atoms with Gasteiger partial charge >= 0.3 is 5.69 Å². The van der Waals surface area contributed by atoms with E-state index in [0.717, 1.165) is 76.7 Å². The SMILES string of the molecule is CCNC(=NCCCn1nc2n(c1=O)CCCC2)N(C)CC1CCOC1. The molecule has 1 unspecified atom stereocenters. The van der Waals surface area contributed by atoms with Crippen LogP contribution in [-0.4, -0.2) is 65.1 Å². The highest BCUT2D eigenvalue weighted by Gasteiger charge is 2.19. The normalized spacial score (nSPS) is 20.2. The van der Waals surface area contributed by atoms with Gasteiger partial charge in [0.15, 0.2) is 5.96 Å². The molecule has 3 rings (SSSR count). The number of nitrogens with one attached hydrogen (secondary N) is 1. The first kappa shape index (κ1) is 18.9. The van der Waals surface area contributed by atoms with Crippen LogP contribution < -0.4 is 11.0 Å². The molecule has 146 valence electrons. The fourth-order valence-electron chi connectivity index (χ4n) is 3.67. The molecule has 3 heterocycles. The topological polar surface area (TPSA) is 76.7 Å². The van der Waals surface area contributed by atoms with Crippen molar-refractivity contribution >= 4 is 5.96 Å². The highest BCUT2D eigenvalue weighted by molar-refractivity contribution is 5.79. The average Bonchev–Trinajstić information content (AvgIpc) is 3.26. The van der Waals surface area contributed by atoms with E-state index in [1.165, 1.54) is 0 Å². The van der Waals surface area contributed by atoms with Crippen molar-refractivity contribution in [3.8, 4) is 0 Å². The molecule has 1 aromatic rings. The van der Waals surface area contributed by atoms with Gasteiger partial charge in [0, 0.05) is 58.7 Å². The predicted octanol–water partition coefficient (Wildman–Crippen LogP) is 0.705. The van der Waals surface area contributed by atoms with Gasteiger partial charge in [0.25, 0.3) is 0 Å². The first-order chi connectivity index (χ1) is 12.7. The fourth-order valence-corrected chi connectivity index (χ4v) is 3.67. The van der Waals surface area contributed by atoms with Crippen LogP contribution in [0, 0.1) is 5.92 Å². The Labute approximate surface area is 155 Å². The summed E-state index contributed by atoms with van der Waals surface area (Å²) in [6.07, 6.45) is 5.06. The number of hydrogen-bond donors (Lipinski definition) is 1. The lowest BCUT2D eigenvalue weighted by Gasteiger charge is -2.24. The highest BCUT2D eigenvalue weighted by atomic mass is 16.5. The van der Waals surface area contributed by atoms with Crippen molar-refractivity contribution in [3.63, 3.8) is 0 Å². The first-order valence-electron chi connectivity index (χ1n) is 9.92. The second kappa shape index (κ2) is 9.21. The third-order valence-electron chi connectivity index (χ3n) is 5.07. The van der Waals surface area contributed by atoms with Gasteiger partial charge in [0.1, 0.15) is 5.82 Å². The lowest BCUT2D eigenvalue weighted by molar-refractivity contribution is 0.181. The molecule has 1 atom stereocenters. The monoisotopic (exact) mass is 364 g/mol. The minimum Gasteiger partial charge on any atom is -0.381 e. The minimum absolute atomic E-state index is 0.0361. The fraction of sp³-hybridized carbons (Fsp3) is 0.833. The van der Waals surface area contributed by atoms with Gasteiger partial charge in [-0.1, -0.05) is 0 Å². The number of aliphatic imine (C=N–C) groups is 1. The summed E-state index contributed by atoms with van der Waals surface area (Å²) >= 11 is 0. The van der Waals surface area contributed by atoms with Crippen LogP contribution in [0.2, 0.25) is 0 Å². The molecule has 1 fully saturated rings. The maximum Gasteiger partial charge on any atom is 0.345 e. The molecule has 2 aliphatic rings. The quantitative estimate of drug-likeness (QED) is 0.438. The van der Waals surface area contributed by atoms with Crippen molar-refractivity contribution in [1.82, 2.24) is 24.6 Å². The number of aromatic nitrogens is 3. The second-order valence-electron chi connectivity index (χ2n) is 7.23. The molecule has 0 spiro atoms. The molecule has 0 aromatic carbocycles. The molecule has 1 aromatic heterocycles.